The molecule has 6 atom stereocenters. The molecule has 134 heavy (non-hydrogen) atoms. The molecule has 1 radical (unpaired) electrons. The Labute approximate surface area is 801 Å². The van der Waals surface area contributed by atoms with Crippen LogP contribution in [0.3, 0.4) is 0 Å². The third kappa shape index (κ3) is 33.3. The average molecular weight is 1890 g/mol. The van der Waals surface area contributed by atoms with Crippen molar-refractivity contribution < 1.29 is 98.1 Å². The molecule has 0 aliphatic carbocycles. The van der Waals surface area contributed by atoms with Crippen molar-refractivity contribution in [2.24, 2.45) is 5.41 Å². The number of carbonyl (C=O) groups excluding carboxylic acids is 1. The summed E-state index contributed by atoms with van der Waals surface area (Å²) in [5, 5.41) is 57.6. The van der Waals surface area contributed by atoms with E-state index in [9.17, 15) is 28.8 Å². The SMILES string of the molecule is C.[C-]#[N+]CC(C)(C)Cc1ccc2cc([C@H](C)C(=O)O)ccc2c1.[C-]#[N+]CC(C)(C)Oc1ccc2cc([C@H](C)C(=O)O)ccc2c1.[C-]#[N+]CC(C)(C)Oc1ccc2cc([C@H](C)C(=O)O)ccc2c1.[C-]#[N+]CC(C)(C)Oc1ccc2cc([C@H](C)C(=O)O)ccc2c1.[C-]#[N+]CC(C)(C)Oc1ccc2cc([C@H](C)C(=O)O)ccc2c1.[C-]#[N+]CC(C)(C)Oc1ccc2cc([C@H](C)C(C)=O)ccc2c1.[Tc+6]. The van der Waals surface area contributed by atoms with Gasteiger partial charge in [0.05, 0.1) is 29.6 Å². The molecule has 0 aliphatic rings. The normalized spacial score (nSPS) is 12.5. The molecule has 0 fully saturated rings. The fourth-order valence-electron chi connectivity index (χ4n) is 14.0. The summed E-state index contributed by atoms with van der Waals surface area (Å²) in [7, 11) is 0. The Hall–Kier alpha value is -14.2. The van der Waals surface area contributed by atoms with Gasteiger partial charge in [-0.3, -0.25) is 28.8 Å². The number of rotatable bonds is 30. The number of ketones is 1. The zero-order valence-corrected chi connectivity index (χ0v) is 80.8. The summed E-state index contributed by atoms with van der Waals surface area (Å²) in [6, 6.07) is 69.2. The minimum atomic E-state index is -0.833. The van der Waals surface area contributed by atoms with Crippen LogP contribution >= 0.6 is 0 Å². The molecule has 22 nitrogen and oxygen atoms in total. The molecular weight excluding hydrogens is 1770 g/mol. The van der Waals surface area contributed by atoms with Gasteiger partial charge in [0.15, 0.2) is 28.0 Å². The van der Waals surface area contributed by atoms with Gasteiger partial charge in [0.1, 0.15) is 34.5 Å². The zero-order valence-electron chi connectivity index (χ0n) is 79.0. The third-order valence-corrected chi connectivity index (χ3v) is 22.0. The van der Waals surface area contributed by atoms with E-state index in [1.54, 1.807) is 41.5 Å². The van der Waals surface area contributed by atoms with Crippen LogP contribution in [0.15, 0.2) is 218 Å². The number of aliphatic carboxylic acids is 5. The van der Waals surface area contributed by atoms with Crippen LogP contribution in [0.5, 0.6) is 28.7 Å². The second-order valence-electron chi connectivity index (χ2n) is 37.0. The van der Waals surface area contributed by atoms with E-state index in [2.05, 4.69) is 61.1 Å². The molecule has 0 aromatic heterocycles. The first-order valence-corrected chi connectivity index (χ1v) is 43.2. The van der Waals surface area contributed by atoms with Gasteiger partial charge in [-0.15, -0.1) is 0 Å². The van der Waals surface area contributed by atoms with Crippen molar-refractivity contribution in [3.63, 3.8) is 0 Å². The van der Waals surface area contributed by atoms with Crippen LogP contribution in [0.2, 0.25) is 0 Å². The monoisotopic (exact) mass is 1890 g/mol. The topological polar surface area (TPSA) is 276 Å². The second-order valence-corrected chi connectivity index (χ2v) is 37.0. The van der Waals surface area contributed by atoms with E-state index in [0.29, 0.717) is 62.3 Å². The summed E-state index contributed by atoms with van der Waals surface area (Å²) in [6.07, 6.45) is 0.860. The molecule has 12 aromatic rings. The Morgan fingerprint density at radius 1 is 0.261 bits per heavy atom. The zero-order chi connectivity index (χ0) is 98.0. The Balaban J connectivity index is 0.000000283. The molecule has 0 amide bonds. The fourth-order valence-corrected chi connectivity index (χ4v) is 14.0. The van der Waals surface area contributed by atoms with Crippen molar-refractivity contribution in [2.75, 3.05) is 39.3 Å². The Kier molecular flexibility index (Phi) is 40.2. The van der Waals surface area contributed by atoms with Crippen molar-refractivity contribution in [3.8, 4) is 28.7 Å². The number of nitrogens with zero attached hydrogens (tertiary/aromatic N) is 6. The summed E-state index contributed by atoms with van der Waals surface area (Å²) in [5.41, 5.74) is 3.50. The van der Waals surface area contributed by atoms with E-state index in [1.165, 1.54) is 5.56 Å². The maximum absolute atomic E-state index is 11.5. The smallest absolute Gasteiger partial charge is 0.481 e. The van der Waals surface area contributed by atoms with Gasteiger partial charge in [-0.05, 0) is 281 Å². The van der Waals surface area contributed by atoms with E-state index in [4.69, 9.17) is 88.6 Å². The number of Topliss-reactive ketones (excluding diaryl/α,β-unsaturated/α-hetero) is 1. The van der Waals surface area contributed by atoms with Crippen LogP contribution in [0.1, 0.15) is 213 Å². The van der Waals surface area contributed by atoms with Gasteiger partial charge in [-0.1, -0.05) is 186 Å². The van der Waals surface area contributed by atoms with Gasteiger partial charge >= 0.3 is 50.0 Å². The molecule has 5 N–H and O–H groups in total. The molecule has 0 bridgehead atoms. The van der Waals surface area contributed by atoms with E-state index < -0.39 is 87.4 Å². The van der Waals surface area contributed by atoms with Crippen molar-refractivity contribution in [1.29, 1.82) is 0 Å². The third-order valence-electron chi connectivity index (χ3n) is 22.0. The maximum atomic E-state index is 11.5. The van der Waals surface area contributed by atoms with Crippen molar-refractivity contribution >= 4 is 100 Å². The van der Waals surface area contributed by atoms with Crippen molar-refractivity contribution in [2.45, 2.75) is 209 Å². The van der Waals surface area contributed by atoms with E-state index in [1.807, 2.05) is 276 Å². The summed E-state index contributed by atoms with van der Waals surface area (Å²) < 4.78 is 29.3. The average Bonchev–Trinajstić information content (AvgIpc) is 0.833. The number of carbonyl (C=O) groups is 6. The van der Waals surface area contributed by atoms with Gasteiger partial charge in [0.2, 0.25) is 6.54 Å². The summed E-state index contributed by atoms with van der Waals surface area (Å²) in [4.78, 5) is 87.3. The molecule has 12 aromatic carbocycles. The first kappa shape index (κ1) is 110. The minimum absolute atomic E-state index is 0. The van der Waals surface area contributed by atoms with Crippen LogP contribution in [-0.4, -0.2) is 128 Å². The number of carboxylic acid groups (broad SMARTS) is 5. The first-order chi connectivity index (χ1) is 61.9. The summed E-state index contributed by atoms with van der Waals surface area (Å²) >= 11 is 0. The molecule has 0 saturated heterocycles. The Morgan fingerprint density at radius 2 is 0.425 bits per heavy atom. The molecule has 693 valence electrons. The largest absolute Gasteiger partial charge is 6.00 e. The van der Waals surface area contributed by atoms with Gasteiger partial charge in [0, 0.05) is 11.3 Å². The number of carboxylic acids is 5. The van der Waals surface area contributed by atoms with E-state index >= 15 is 0 Å². The molecule has 0 spiro atoms. The van der Waals surface area contributed by atoms with Gasteiger partial charge in [-0.2, -0.15) is 0 Å². The number of hydrogen-bond donors (Lipinski definition) is 5. The van der Waals surface area contributed by atoms with Crippen molar-refractivity contribution in [3.05, 3.63) is 326 Å². The van der Waals surface area contributed by atoms with Crippen LogP contribution < -0.4 is 23.7 Å². The number of benzene rings is 12. The number of ether oxygens (including phenoxy) is 5. The number of fused-ring (bicyclic) bond motifs is 6. The molecule has 0 heterocycles. The van der Waals surface area contributed by atoms with Gasteiger partial charge in [-0.25, -0.2) is 39.4 Å². The first-order valence-electron chi connectivity index (χ1n) is 43.2. The fraction of sp³-hybridized carbons (Fsp3) is 0.351. The van der Waals surface area contributed by atoms with Crippen LogP contribution in [-0.2, 0) is 55.3 Å². The molecule has 0 saturated carbocycles. The maximum Gasteiger partial charge on any atom is 6.00 e. The standard InChI is InChI=1S/2C19H21NO2.4C18H19NO3.CH4.Tc/c1-13(14(2)21)15-6-7-17-11-18(9-8-16(17)10-15)22-19(3,4)12-20-5;1-13(18(21)22)15-7-8-16-9-14(5-6-17(16)10-15)11-19(2,3)12-20-4;4*1-12(17(20)21)13-5-6-15-10-16(8-7-14(15)9-13)22-18(2,3)11-19-4;;/h6-11,13H,12H2,1-4H3;5-10,13H,11-12H2,1-3H3,(H,21,22);4*5-10,12H,11H2,1-3H3,(H,20,21);1H4;/q;;;;;;;+6/t2*13-;4*12-;;/m100000../s1. The molecule has 0 aliphatic heterocycles. The molecule has 0 unspecified atom stereocenters. The Morgan fingerprint density at radius 3 is 0.604 bits per heavy atom. The van der Waals surface area contributed by atoms with E-state index in [-0.39, 0.29) is 44.6 Å². The minimum Gasteiger partial charge on any atom is -0.481 e. The van der Waals surface area contributed by atoms with Gasteiger partial charge in [0.25, 0.3) is 32.7 Å². The predicted octanol–water partition coefficient (Wildman–Crippen LogP) is 26.2. The predicted molar refractivity (Wildman–Crippen MR) is 530 cm³/mol. The van der Waals surface area contributed by atoms with Crippen LogP contribution in [0.25, 0.3) is 93.7 Å². The summed E-state index contributed by atoms with van der Waals surface area (Å²) in [6.45, 7) is 78.8. The Bertz CT molecular complexity index is 5470. The van der Waals surface area contributed by atoms with E-state index in [0.717, 1.165) is 110 Å². The van der Waals surface area contributed by atoms with Gasteiger partial charge < -0.3 is 78.3 Å². The molecule has 12 rings (SSSR count). The number of hydrogen-bond acceptors (Lipinski definition) is 11. The quantitative estimate of drug-likeness (QED) is 0.0262. The molecular formula is C111H122N6O16Tc+6. The second kappa shape index (κ2) is 48.8. The van der Waals surface area contributed by atoms with Crippen LogP contribution in [0.4, 0.5) is 0 Å². The molecule has 23 heteroatoms. The van der Waals surface area contributed by atoms with Crippen LogP contribution in [0, 0.1) is 44.8 Å². The van der Waals surface area contributed by atoms with Crippen molar-refractivity contribution in [1.82, 2.24) is 0 Å². The summed E-state index contributed by atoms with van der Waals surface area (Å²) in [5.74, 6) is -3.08.